The molecule has 0 unspecified atom stereocenters. The van der Waals surface area contributed by atoms with Crippen molar-refractivity contribution in [2.75, 3.05) is 12.8 Å². The first-order valence-corrected chi connectivity index (χ1v) is 11.4. The summed E-state index contributed by atoms with van der Waals surface area (Å²) in [5, 5.41) is 15.2. The van der Waals surface area contributed by atoms with Gasteiger partial charge in [-0.25, -0.2) is 8.42 Å². The predicted molar refractivity (Wildman–Crippen MR) is 108 cm³/mol. The van der Waals surface area contributed by atoms with Gasteiger partial charge in [-0.05, 0) is 42.7 Å². The molecule has 0 atom stereocenters. The van der Waals surface area contributed by atoms with Gasteiger partial charge in [0.1, 0.15) is 0 Å². The van der Waals surface area contributed by atoms with Crippen LogP contribution < -0.4 is 0 Å². The van der Waals surface area contributed by atoms with Crippen LogP contribution >= 0.6 is 0 Å². The van der Waals surface area contributed by atoms with Crippen molar-refractivity contribution in [3.8, 4) is 11.3 Å². The minimum Gasteiger partial charge on any atom is -0.265 e. The molecular formula is C20H25N3O4S. The van der Waals surface area contributed by atoms with Crippen molar-refractivity contribution in [3.63, 3.8) is 0 Å². The fourth-order valence-electron chi connectivity index (χ4n) is 3.57. The molecule has 3 rings (SSSR count). The largest absolute Gasteiger partial charge is 0.265 e. The lowest BCUT2D eigenvalue weighted by molar-refractivity contribution is -0.478. The summed E-state index contributed by atoms with van der Waals surface area (Å²) in [6.07, 6.45) is 10.9. The van der Waals surface area contributed by atoms with E-state index in [-0.39, 0.29) is 11.5 Å². The first kappa shape index (κ1) is 20.3. The Morgan fingerprint density at radius 1 is 1.21 bits per heavy atom. The number of nitro groups is 1. The highest BCUT2D eigenvalue weighted by Crippen LogP contribution is 2.33. The number of nitrogens with zero attached hydrogens (tertiary/aromatic N) is 3. The van der Waals surface area contributed by atoms with Crippen LogP contribution in [0, 0.1) is 10.1 Å². The van der Waals surface area contributed by atoms with Crippen molar-refractivity contribution in [3.05, 3.63) is 52.2 Å². The zero-order valence-corrected chi connectivity index (χ0v) is 16.8. The molecule has 0 N–H and O–H groups in total. The van der Waals surface area contributed by atoms with Gasteiger partial charge in [0, 0.05) is 17.6 Å². The van der Waals surface area contributed by atoms with Crippen LogP contribution in [0.15, 0.2) is 41.3 Å². The van der Waals surface area contributed by atoms with Gasteiger partial charge in [0.25, 0.3) is 0 Å². The van der Waals surface area contributed by atoms with Crippen LogP contribution in [0.3, 0.4) is 0 Å². The normalized spacial score (nSPS) is 15.9. The van der Waals surface area contributed by atoms with Crippen LogP contribution in [0.5, 0.6) is 0 Å². The molecule has 0 amide bonds. The van der Waals surface area contributed by atoms with Crippen molar-refractivity contribution in [2.24, 2.45) is 0 Å². The van der Waals surface area contributed by atoms with E-state index in [4.69, 9.17) is 5.10 Å². The average Bonchev–Trinajstić information content (AvgIpc) is 3.09. The predicted octanol–water partition coefficient (Wildman–Crippen LogP) is 4.14. The lowest BCUT2D eigenvalue weighted by Gasteiger charge is -2.24. The van der Waals surface area contributed by atoms with E-state index >= 15 is 0 Å². The van der Waals surface area contributed by atoms with Crippen LogP contribution in [0.1, 0.15) is 50.3 Å². The molecule has 0 radical (unpaired) electrons. The monoisotopic (exact) mass is 403 g/mol. The summed E-state index contributed by atoms with van der Waals surface area (Å²) >= 11 is 0. The highest BCUT2D eigenvalue weighted by atomic mass is 32.2. The molecule has 1 aromatic heterocycles. The van der Waals surface area contributed by atoms with Crippen molar-refractivity contribution in [1.82, 2.24) is 9.78 Å². The second kappa shape index (κ2) is 8.68. The summed E-state index contributed by atoms with van der Waals surface area (Å²) in [7, 11) is -3.24. The minimum absolute atomic E-state index is 0.0976. The van der Waals surface area contributed by atoms with Crippen molar-refractivity contribution in [1.29, 1.82) is 0 Å². The number of sulfone groups is 1. The SMILES string of the molecule is CS(=O)(=O)c1ccc(-c2cc(/C=C/CC[N+](=O)[O-])nn2C2CCCCC2)cc1. The van der Waals surface area contributed by atoms with Crippen LogP contribution in [-0.4, -0.2) is 35.9 Å². The Labute approximate surface area is 165 Å². The third-order valence-electron chi connectivity index (χ3n) is 5.02. The minimum atomic E-state index is -3.24. The third-order valence-corrected chi connectivity index (χ3v) is 6.15. The second-order valence-corrected chi connectivity index (χ2v) is 9.25. The molecule has 0 aliphatic heterocycles. The molecular weight excluding hydrogens is 378 g/mol. The summed E-state index contributed by atoms with van der Waals surface area (Å²) in [5.41, 5.74) is 2.62. The van der Waals surface area contributed by atoms with Crippen molar-refractivity contribution < 1.29 is 13.3 Å². The van der Waals surface area contributed by atoms with Crippen LogP contribution in [-0.2, 0) is 9.84 Å². The van der Waals surface area contributed by atoms with Crippen LogP contribution in [0.4, 0.5) is 0 Å². The lowest BCUT2D eigenvalue weighted by atomic mass is 9.95. The Bertz CT molecular complexity index is 956. The Balaban J connectivity index is 1.92. The molecule has 8 heteroatoms. The highest BCUT2D eigenvalue weighted by molar-refractivity contribution is 7.90. The average molecular weight is 404 g/mol. The van der Waals surface area contributed by atoms with E-state index in [1.807, 2.05) is 29.0 Å². The molecule has 0 spiro atoms. The van der Waals surface area contributed by atoms with Gasteiger partial charge in [-0.3, -0.25) is 14.8 Å². The fraction of sp³-hybridized carbons (Fsp3) is 0.450. The number of hydrogen-bond donors (Lipinski definition) is 0. The smallest absolute Gasteiger partial charge is 0.207 e. The molecule has 0 bridgehead atoms. The van der Waals surface area contributed by atoms with Crippen molar-refractivity contribution >= 4 is 15.9 Å². The molecule has 150 valence electrons. The van der Waals surface area contributed by atoms with Gasteiger partial charge >= 0.3 is 0 Å². The molecule has 2 aromatic rings. The molecule has 1 fully saturated rings. The Kier molecular flexibility index (Phi) is 6.28. The van der Waals surface area contributed by atoms with Gasteiger partial charge < -0.3 is 0 Å². The molecule has 7 nitrogen and oxygen atoms in total. The summed E-state index contributed by atoms with van der Waals surface area (Å²) < 4.78 is 25.5. The van der Waals surface area contributed by atoms with E-state index in [9.17, 15) is 18.5 Å². The van der Waals surface area contributed by atoms with Gasteiger partial charge in [-0.2, -0.15) is 5.10 Å². The molecule has 0 saturated heterocycles. The maximum absolute atomic E-state index is 11.7. The lowest BCUT2D eigenvalue weighted by Crippen LogP contribution is -2.15. The Morgan fingerprint density at radius 2 is 1.89 bits per heavy atom. The van der Waals surface area contributed by atoms with Crippen molar-refractivity contribution in [2.45, 2.75) is 49.5 Å². The van der Waals surface area contributed by atoms with Gasteiger partial charge in [0.05, 0.1) is 22.3 Å². The fourth-order valence-corrected chi connectivity index (χ4v) is 4.20. The van der Waals surface area contributed by atoms with Gasteiger partial charge in [-0.15, -0.1) is 0 Å². The summed E-state index contributed by atoms with van der Waals surface area (Å²) in [5.74, 6) is 0. The number of benzene rings is 1. The molecule has 1 aromatic carbocycles. The highest BCUT2D eigenvalue weighted by Gasteiger charge is 2.20. The van der Waals surface area contributed by atoms with E-state index < -0.39 is 9.84 Å². The zero-order chi connectivity index (χ0) is 20.1. The summed E-state index contributed by atoms with van der Waals surface area (Å²) in [6.45, 7) is -0.0976. The van der Waals surface area contributed by atoms with E-state index in [0.29, 0.717) is 17.4 Å². The summed E-state index contributed by atoms with van der Waals surface area (Å²) in [6, 6.07) is 9.15. The standard InChI is InChI=1S/C20H25N3O4S/c1-28(26,27)19-12-10-16(11-13-19)20-15-17(7-5-6-14-22(24)25)21-23(20)18-8-3-2-4-9-18/h5,7,10-13,15,18H,2-4,6,8-9,14H2,1H3/b7-5+. The molecule has 28 heavy (non-hydrogen) atoms. The van der Waals surface area contributed by atoms with E-state index in [2.05, 4.69) is 0 Å². The quantitative estimate of drug-likeness (QED) is 0.511. The number of hydrogen-bond acceptors (Lipinski definition) is 5. The van der Waals surface area contributed by atoms with E-state index in [1.54, 1.807) is 18.2 Å². The maximum atomic E-state index is 11.7. The van der Waals surface area contributed by atoms with Gasteiger partial charge in [0.15, 0.2) is 9.84 Å². The van der Waals surface area contributed by atoms with Gasteiger partial charge in [0.2, 0.25) is 6.54 Å². The molecule has 1 aliphatic carbocycles. The van der Waals surface area contributed by atoms with E-state index in [0.717, 1.165) is 29.8 Å². The number of rotatable bonds is 7. The Hall–Kier alpha value is -2.48. The molecule has 1 heterocycles. The number of aromatic nitrogens is 2. The van der Waals surface area contributed by atoms with Crippen LogP contribution in [0.25, 0.3) is 17.3 Å². The first-order valence-electron chi connectivity index (χ1n) is 9.53. The maximum Gasteiger partial charge on any atom is 0.207 e. The zero-order valence-electron chi connectivity index (χ0n) is 16.0. The molecule has 1 saturated carbocycles. The van der Waals surface area contributed by atoms with Gasteiger partial charge in [-0.1, -0.05) is 37.5 Å². The topological polar surface area (TPSA) is 95.1 Å². The Morgan fingerprint density at radius 3 is 2.50 bits per heavy atom. The molecule has 1 aliphatic rings. The van der Waals surface area contributed by atoms with Crippen LogP contribution in [0.2, 0.25) is 0 Å². The summed E-state index contributed by atoms with van der Waals surface area (Å²) in [4.78, 5) is 10.4. The second-order valence-electron chi connectivity index (χ2n) is 7.23. The van der Waals surface area contributed by atoms with E-state index in [1.165, 1.54) is 25.5 Å². The third kappa shape index (κ3) is 5.07. The first-order chi connectivity index (χ1) is 13.3.